The van der Waals surface area contributed by atoms with Gasteiger partial charge in [0.15, 0.2) is 0 Å². The van der Waals surface area contributed by atoms with Crippen molar-refractivity contribution in [1.82, 2.24) is 15.1 Å². The van der Waals surface area contributed by atoms with Gasteiger partial charge in [-0.3, -0.25) is 4.79 Å². The summed E-state index contributed by atoms with van der Waals surface area (Å²) in [6.07, 6.45) is 2.94. The Morgan fingerprint density at radius 1 is 1.17 bits per heavy atom. The third-order valence-electron chi connectivity index (χ3n) is 4.76. The summed E-state index contributed by atoms with van der Waals surface area (Å²) in [7, 11) is 0. The van der Waals surface area contributed by atoms with E-state index in [9.17, 15) is 9.18 Å². The number of benzene rings is 2. The first kappa shape index (κ1) is 20.7. The average molecular weight is 395 g/mol. The predicted octanol–water partition coefficient (Wildman–Crippen LogP) is 4.47. The number of carbonyl (C=O) groups excluding carboxylic acids is 1. The quantitative estimate of drug-likeness (QED) is 0.544. The van der Waals surface area contributed by atoms with Crippen LogP contribution in [0.15, 0.2) is 60.8 Å². The van der Waals surface area contributed by atoms with Crippen LogP contribution in [0.3, 0.4) is 0 Å². The molecule has 1 heterocycles. The number of aromatic nitrogens is 2. The first-order valence-electron chi connectivity index (χ1n) is 9.87. The molecule has 1 N–H and O–H groups in total. The Morgan fingerprint density at radius 2 is 1.90 bits per heavy atom. The summed E-state index contributed by atoms with van der Waals surface area (Å²) in [6, 6.07) is 16.1. The van der Waals surface area contributed by atoms with Gasteiger partial charge in [-0.15, -0.1) is 0 Å². The van der Waals surface area contributed by atoms with Crippen molar-refractivity contribution < 1.29 is 13.9 Å². The van der Waals surface area contributed by atoms with Crippen molar-refractivity contribution in [3.63, 3.8) is 0 Å². The molecule has 0 aliphatic carbocycles. The van der Waals surface area contributed by atoms with Crippen molar-refractivity contribution >= 4 is 5.91 Å². The second kappa shape index (κ2) is 9.98. The molecule has 0 fully saturated rings. The Morgan fingerprint density at radius 3 is 2.59 bits per heavy atom. The minimum absolute atomic E-state index is 0.0209. The van der Waals surface area contributed by atoms with Crippen LogP contribution in [-0.4, -0.2) is 28.8 Å². The normalized spacial score (nSPS) is 12.0. The smallest absolute Gasteiger partial charge is 0.254 e. The summed E-state index contributed by atoms with van der Waals surface area (Å²) in [5.41, 5.74) is 3.20. The molecule has 0 radical (unpaired) electrons. The second-order valence-electron chi connectivity index (χ2n) is 6.78. The van der Waals surface area contributed by atoms with Crippen molar-refractivity contribution in [1.29, 1.82) is 0 Å². The molecule has 0 saturated heterocycles. The lowest BCUT2D eigenvalue weighted by Gasteiger charge is -2.13. The number of carbonyl (C=O) groups is 1. The number of halogens is 1. The van der Waals surface area contributed by atoms with Crippen LogP contribution in [-0.2, 0) is 11.2 Å². The molecule has 3 aromatic rings. The third-order valence-corrected chi connectivity index (χ3v) is 4.76. The van der Waals surface area contributed by atoms with Crippen molar-refractivity contribution in [2.45, 2.75) is 32.8 Å². The molecule has 2 aromatic carbocycles. The number of amides is 1. The van der Waals surface area contributed by atoms with E-state index in [1.165, 1.54) is 12.1 Å². The molecule has 0 spiro atoms. The fraction of sp³-hybridized carbons (Fsp3) is 0.304. The van der Waals surface area contributed by atoms with E-state index in [1.54, 1.807) is 23.0 Å². The zero-order valence-electron chi connectivity index (χ0n) is 16.8. The molecule has 0 saturated carbocycles. The summed E-state index contributed by atoms with van der Waals surface area (Å²) < 4.78 is 20.7. The van der Waals surface area contributed by atoms with Crippen LogP contribution in [0.1, 0.15) is 48.0 Å². The van der Waals surface area contributed by atoms with Crippen LogP contribution >= 0.6 is 0 Å². The van der Waals surface area contributed by atoms with Gasteiger partial charge >= 0.3 is 0 Å². The van der Waals surface area contributed by atoms with Gasteiger partial charge in [0.2, 0.25) is 0 Å². The Labute approximate surface area is 170 Å². The maximum absolute atomic E-state index is 13.2. The number of hydrogen-bond acceptors (Lipinski definition) is 3. The Hall–Kier alpha value is -2.99. The van der Waals surface area contributed by atoms with Crippen molar-refractivity contribution in [2.75, 3.05) is 13.2 Å². The Kier molecular flexibility index (Phi) is 7.14. The largest absolute Gasteiger partial charge is 0.374 e. The fourth-order valence-electron chi connectivity index (χ4n) is 3.16. The minimum atomic E-state index is -0.305. The van der Waals surface area contributed by atoms with E-state index < -0.39 is 0 Å². The molecule has 1 atom stereocenters. The van der Waals surface area contributed by atoms with E-state index >= 15 is 0 Å². The molecule has 1 amide bonds. The number of ether oxygens (including phenoxy) is 1. The minimum Gasteiger partial charge on any atom is -0.374 e. The van der Waals surface area contributed by atoms with Gasteiger partial charge in [-0.05, 0) is 49.6 Å². The van der Waals surface area contributed by atoms with Crippen molar-refractivity contribution in [3.8, 4) is 5.69 Å². The number of hydrogen-bond donors (Lipinski definition) is 1. The first-order chi connectivity index (χ1) is 14.1. The van der Waals surface area contributed by atoms with Crippen LogP contribution in [0.4, 0.5) is 4.39 Å². The van der Waals surface area contributed by atoms with Gasteiger partial charge in [0.25, 0.3) is 5.91 Å². The maximum Gasteiger partial charge on any atom is 0.254 e. The summed E-state index contributed by atoms with van der Waals surface area (Å²) >= 11 is 0. The molecule has 6 heteroatoms. The van der Waals surface area contributed by atoms with Crippen LogP contribution in [0, 0.1) is 5.82 Å². The topological polar surface area (TPSA) is 56.1 Å². The van der Waals surface area contributed by atoms with Crippen molar-refractivity contribution in [3.05, 3.63) is 83.4 Å². The Bertz CT molecular complexity index is 923. The maximum atomic E-state index is 13.2. The fourth-order valence-corrected chi connectivity index (χ4v) is 3.16. The molecule has 0 aliphatic heterocycles. The zero-order valence-corrected chi connectivity index (χ0v) is 16.8. The summed E-state index contributed by atoms with van der Waals surface area (Å²) in [5, 5.41) is 7.25. The van der Waals surface area contributed by atoms with Gasteiger partial charge in [0.05, 0.1) is 29.2 Å². The molecule has 5 nitrogen and oxygen atoms in total. The Balaban J connectivity index is 1.51. The number of nitrogens with one attached hydrogen (secondary N) is 1. The summed E-state index contributed by atoms with van der Waals surface area (Å²) in [6.45, 7) is 5.06. The predicted molar refractivity (Wildman–Crippen MR) is 111 cm³/mol. The van der Waals surface area contributed by atoms with E-state index in [1.807, 2.05) is 44.2 Å². The highest BCUT2D eigenvalue weighted by Gasteiger charge is 2.17. The van der Waals surface area contributed by atoms with Gasteiger partial charge in [-0.2, -0.15) is 5.10 Å². The molecule has 0 bridgehead atoms. The third kappa shape index (κ3) is 5.29. The van der Waals surface area contributed by atoms with E-state index in [2.05, 4.69) is 10.4 Å². The van der Waals surface area contributed by atoms with Crippen molar-refractivity contribution in [2.24, 2.45) is 0 Å². The highest BCUT2D eigenvalue weighted by Crippen LogP contribution is 2.17. The van der Waals surface area contributed by atoms with Gasteiger partial charge in [0.1, 0.15) is 5.82 Å². The summed E-state index contributed by atoms with van der Waals surface area (Å²) in [5.74, 6) is -0.466. The van der Waals surface area contributed by atoms with Gasteiger partial charge in [0, 0.05) is 13.2 Å². The average Bonchev–Trinajstić information content (AvgIpc) is 3.18. The zero-order chi connectivity index (χ0) is 20.6. The highest BCUT2D eigenvalue weighted by atomic mass is 19.1. The molecular formula is C23H26FN3O2. The summed E-state index contributed by atoms with van der Waals surface area (Å²) in [4.78, 5) is 12.6. The molecular weight excluding hydrogens is 369 g/mol. The monoisotopic (exact) mass is 395 g/mol. The second-order valence-corrected chi connectivity index (χ2v) is 6.78. The molecule has 0 aliphatic rings. The van der Waals surface area contributed by atoms with Gasteiger partial charge in [-0.1, -0.05) is 37.3 Å². The lowest BCUT2D eigenvalue weighted by molar-refractivity contribution is 0.0635. The standard InChI is InChI=1S/C23H26FN3O2/c1-3-22-21(16-26-27(22)20-12-10-19(24)11-13-20)23(28)25-14-7-15-29-17(2)18-8-5-4-6-9-18/h4-6,8-13,16-17H,3,7,14-15H2,1-2H3,(H,25,28). The highest BCUT2D eigenvalue weighted by molar-refractivity contribution is 5.95. The lowest BCUT2D eigenvalue weighted by Crippen LogP contribution is -2.26. The first-order valence-corrected chi connectivity index (χ1v) is 9.87. The molecule has 3 rings (SSSR count). The van der Waals surface area contributed by atoms with E-state index in [0.29, 0.717) is 25.1 Å². The molecule has 1 unspecified atom stereocenters. The van der Waals surface area contributed by atoms with Crippen LogP contribution in [0.25, 0.3) is 5.69 Å². The van der Waals surface area contributed by atoms with Crippen LogP contribution in [0.2, 0.25) is 0 Å². The van der Waals surface area contributed by atoms with E-state index in [-0.39, 0.29) is 17.8 Å². The van der Waals surface area contributed by atoms with E-state index in [4.69, 9.17) is 4.74 Å². The molecule has 29 heavy (non-hydrogen) atoms. The number of rotatable bonds is 9. The molecule has 152 valence electrons. The number of nitrogens with zero attached hydrogens (tertiary/aromatic N) is 2. The lowest BCUT2D eigenvalue weighted by atomic mass is 10.1. The van der Waals surface area contributed by atoms with E-state index in [0.717, 1.165) is 23.4 Å². The molecule has 1 aromatic heterocycles. The van der Waals surface area contributed by atoms with Crippen LogP contribution in [0.5, 0.6) is 0 Å². The van der Waals surface area contributed by atoms with Gasteiger partial charge in [-0.25, -0.2) is 9.07 Å². The van der Waals surface area contributed by atoms with Crippen LogP contribution < -0.4 is 5.32 Å². The SMILES string of the molecule is CCc1c(C(=O)NCCCOC(C)c2ccccc2)cnn1-c1ccc(F)cc1. The van der Waals surface area contributed by atoms with Gasteiger partial charge < -0.3 is 10.1 Å².